The van der Waals surface area contributed by atoms with Gasteiger partial charge in [-0.1, -0.05) is 92.2 Å². The smallest absolute Gasteiger partial charge is 0.319 e. The number of likely N-dealkylation sites (tertiary alicyclic amines) is 1. The number of phenols is 1. The summed E-state index contributed by atoms with van der Waals surface area (Å²) in [6.07, 6.45) is 6.76. The largest absolute Gasteiger partial charge is 0.508 e. The first kappa shape index (κ1) is 55.0. The van der Waals surface area contributed by atoms with E-state index in [1.165, 1.54) is 15.6 Å². The van der Waals surface area contributed by atoms with Crippen LogP contribution < -0.4 is 25.0 Å². The van der Waals surface area contributed by atoms with Crippen molar-refractivity contribution in [1.82, 2.24) is 50.5 Å². The number of aliphatic hydroxyl groups excluding tert-OH is 2. The number of hydrogen-bond donors (Lipinski definition) is 5. The Hall–Kier alpha value is -7.88. The second-order valence-electron chi connectivity index (χ2n) is 21.4. The van der Waals surface area contributed by atoms with Crippen LogP contribution in [0.15, 0.2) is 104 Å². The Labute approximate surface area is 472 Å². The number of benzene rings is 4. The van der Waals surface area contributed by atoms with Crippen LogP contribution in [0.25, 0.3) is 55.3 Å². The highest BCUT2D eigenvalue weighted by Gasteiger charge is 2.44. The fourth-order valence-electron chi connectivity index (χ4n) is 11.4. The van der Waals surface area contributed by atoms with Crippen molar-refractivity contribution in [3.8, 4) is 51.2 Å². The number of piperazine rings is 1. The molecule has 7 atom stereocenters. The fourth-order valence-corrected chi connectivity index (χ4v) is 11.6. The van der Waals surface area contributed by atoms with Gasteiger partial charge in [0, 0.05) is 80.5 Å². The first-order valence-corrected chi connectivity index (χ1v) is 27.6. The molecule has 420 valence electrons. The number of rotatable bonds is 19. The van der Waals surface area contributed by atoms with E-state index < -0.39 is 42.7 Å². The SMILES string of the molecule is CCc1c(F)ccc2cc(O)cc(-c3ncc4c(N5C[C@@H]6C[C@H]5CN6)nc(OC[C@H](C)OC)nc4c3OCc3ccc(-c4cn([C@H](C(=O)N5C[C@H](O)C[C@H]5C(=O)N[C@@H](CO)c5ccc(-c6ccncc6Cl)cc5)C(C)C)nn4)cc3)c12. The number of amides is 2. The molecule has 3 fully saturated rings. The van der Waals surface area contributed by atoms with Gasteiger partial charge in [0.05, 0.1) is 41.5 Å². The number of nitrogens with zero attached hydrogens (tertiary/aromatic N) is 9. The number of aromatic nitrogens is 7. The molecule has 0 unspecified atom stereocenters. The van der Waals surface area contributed by atoms with E-state index in [4.69, 9.17) is 40.8 Å². The van der Waals surface area contributed by atoms with Crippen LogP contribution >= 0.6 is 11.6 Å². The molecule has 5 N–H and O–H groups in total. The first-order valence-electron chi connectivity index (χ1n) is 27.2. The quantitative estimate of drug-likeness (QED) is 0.0520. The molecule has 0 spiro atoms. The van der Waals surface area contributed by atoms with E-state index in [9.17, 15) is 24.9 Å². The van der Waals surface area contributed by atoms with Gasteiger partial charge in [-0.05, 0) is 83.0 Å². The summed E-state index contributed by atoms with van der Waals surface area (Å²) in [5, 5.41) is 50.2. The summed E-state index contributed by atoms with van der Waals surface area (Å²) in [4.78, 5) is 51.3. The molecule has 7 heterocycles. The summed E-state index contributed by atoms with van der Waals surface area (Å²) in [7, 11) is 1.61. The third-order valence-electron chi connectivity index (χ3n) is 15.7. The molecular formula is C60H63ClFN11O8. The van der Waals surface area contributed by atoms with Crippen LogP contribution in [-0.4, -0.2) is 137 Å². The molecule has 81 heavy (non-hydrogen) atoms. The van der Waals surface area contributed by atoms with Gasteiger partial charge in [-0.3, -0.25) is 19.6 Å². The number of ether oxygens (including phenoxy) is 3. The van der Waals surface area contributed by atoms with Crippen LogP contribution in [0.1, 0.15) is 69.3 Å². The molecule has 2 bridgehead atoms. The van der Waals surface area contributed by atoms with Crippen LogP contribution in [0.4, 0.5) is 10.2 Å². The molecule has 0 aliphatic carbocycles. The minimum Gasteiger partial charge on any atom is -0.508 e. The van der Waals surface area contributed by atoms with Gasteiger partial charge in [0.2, 0.25) is 11.8 Å². The molecule has 2 amide bonds. The van der Waals surface area contributed by atoms with Gasteiger partial charge in [0.1, 0.15) is 59.6 Å². The van der Waals surface area contributed by atoms with Crippen molar-refractivity contribution in [1.29, 1.82) is 0 Å². The van der Waals surface area contributed by atoms with E-state index in [0.29, 0.717) is 78.6 Å². The Bertz CT molecular complexity index is 3630. The number of halogens is 2. The fraction of sp³-hybridized carbons (Fsp3) is 0.367. The average Bonchev–Trinajstić information content (AvgIpc) is 4.51. The van der Waals surface area contributed by atoms with Crippen LogP contribution in [0.3, 0.4) is 0 Å². The monoisotopic (exact) mass is 1120 g/mol. The molecule has 3 aliphatic rings. The number of methoxy groups -OCH3 is 1. The number of carbonyl (C=O) groups is 2. The zero-order valence-corrected chi connectivity index (χ0v) is 46.2. The van der Waals surface area contributed by atoms with Gasteiger partial charge in [-0.2, -0.15) is 9.97 Å². The predicted octanol–water partition coefficient (Wildman–Crippen LogP) is 7.78. The number of pyridine rings is 2. The maximum absolute atomic E-state index is 15.7. The highest BCUT2D eigenvalue weighted by Crippen LogP contribution is 2.45. The van der Waals surface area contributed by atoms with Gasteiger partial charge >= 0.3 is 6.01 Å². The summed E-state index contributed by atoms with van der Waals surface area (Å²) in [5.74, 6) is -0.687. The van der Waals surface area contributed by atoms with E-state index in [0.717, 1.165) is 36.2 Å². The third-order valence-corrected chi connectivity index (χ3v) is 16.0. The molecule has 4 aromatic heterocycles. The average molecular weight is 1120 g/mol. The van der Waals surface area contributed by atoms with Crippen molar-refractivity contribution in [2.75, 3.05) is 44.9 Å². The van der Waals surface area contributed by atoms with E-state index in [1.54, 1.807) is 68.3 Å². The minimum absolute atomic E-state index is 0.0132. The topological polar surface area (TPSA) is 235 Å². The number of fused-ring (bicyclic) bond motifs is 4. The maximum Gasteiger partial charge on any atom is 0.319 e. The number of aliphatic hydroxyl groups is 2. The second-order valence-corrected chi connectivity index (χ2v) is 21.8. The molecule has 19 nitrogen and oxygen atoms in total. The van der Waals surface area contributed by atoms with Crippen LogP contribution in [0, 0.1) is 11.7 Å². The van der Waals surface area contributed by atoms with Crippen LogP contribution in [-0.2, 0) is 27.4 Å². The number of aromatic hydroxyl groups is 1. The van der Waals surface area contributed by atoms with Crippen LogP contribution in [0.2, 0.25) is 5.02 Å². The van der Waals surface area contributed by atoms with E-state index >= 15 is 4.39 Å². The molecule has 3 aliphatic heterocycles. The number of carbonyl (C=O) groups excluding carboxylic acids is 2. The number of phenolic OH excluding ortho intramolecular Hbond substituents is 1. The Kier molecular flexibility index (Phi) is 15.8. The van der Waals surface area contributed by atoms with E-state index in [-0.39, 0.29) is 67.6 Å². The Morgan fingerprint density at radius 2 is 1.74 bits per heavy atom. The number of nitrogens with one attached hydrogen (secondary N) is 2. The summed E-state index contributed by atoms with van der Waals surface area (Å²) in [6, 6.07) is 20.8. The Morgan fingerprint density at radius 3 is 2.44 bits per heavy atom. The summed E-state index contributed by atoms with van der Waals surface area (Å²) >= 11 is 6.37. The van der Waals surface area contributed by atoms with Crippen molar-refractivity contribution in [3.05, 3.63) is 131 Å². The molecule has 3 saturated heterocycles. The van der Waals surface area contributed by atoms with Gasteiger partial charge in [0.15, 0.2) is 5.75 Å². The molecule has 0 saturated carbocycles. The van der Waals surface area contributed by atoms with E-state index in [2.05, 4.69) is 30.8 Å². The summed E-state index contributed by atoms with van der Waals surface area (Å²) in [6.45, 7) is 8.80. The lowest BCUT2D eigenvalue weighted by Gasteiger charge is -2.30. The minimum atomic E-state index is -1.01. The van der Waals surface area contributed by atoms with Crippen molar-refractivity contribution in [2.24, 2.45) is 5.92 Å². The highest BCUT2D eigenvalue weighted by atomic mass is 35.5. The first-order chi connectivity index (χ1) is 39.2. The predicted molar refractivity (Wildman–Crippen MR) is 303 cm³/mol. The highest BCUT2D eigenvalue weighted by molar-refractivity contribution is 6.33. The summed E-state index contributed by atoms with van der Waals surface area (Å²) < 4.78 is 35.7. The van der Waals surface area contributed by atoms with Gasteiger partial charge in [-0.25, -0.2) is 9.07 Å². The molecule has 8 aromatic rings. The van der Waals surface area contributed by atoms with Crippen molar-refractivity contribution >= 4 is 50.9 Å². The normalized spacial score (nSPS) is 18.9. The van der Waals surface area contributed by atoms with Crippen molar-refractivity contribution in [2.45, 2.75) is 96.0 Å². The zero-order valence-electron chi connectivity index (χ0n) is 45.5. The lowest BCUT2D eigenvalue weighted by molar-refractivity contribution is -0.142. The van der Waals surface area contributed by atoms with Crippen LogP contribution in [0.5, 0.6) is 17.5 Å². The third kappa shape index (κ3) is 11.1. The molecular weight excluding hydrogens is 1060 g/mol. The standard InChI is InChI=1S/C60H63ClFN11O8/c1-6-43-48(62)16-15-38-19-41(75)21-45(52(38)43)53-56(54-46(24-65-53)57(71-26-39-20-40(71)23-64-39)68-60(67-54)81-30-33(4)79-5)80-31-34-7-9-36(10-8-34)49-28-73(70-69-49)55(32(2)3)59(78)72-27-42(76)22-51(72)58(77)66-50(29-74)37-13-11-35(12-14-37)44-17-18-63-25-47(44)61/h7-19,21,24-25,28,32-33,39-40,42,50-51,55,64,74-76H,6,20,22-23,26-27,29-31H2,1-5H3,(H,66,77)/t33-,39-,40-,42+,50-,51-,55-/m0/s1. The maximum atomic E-state index is 15.7. The molecule has 11 rings (SSSR count). The molecule has 4 aromatic carbocycles. The number of β-amino-alcohol motifs (C(OH)–C–C–N with tert-alkyl or cyclic N) is 1. The van der Waals surface area contributed by atoms with Gasteiger partial charge in [0.25, 0.3) is 0 Å². The van der Waals surface area contributed by atoms with Gasteiger partial charge in [-0.15, -0.1) is 5.10 Å². The lowest BCUT2D eigenvalue weighted by atomic mass is 9.94. The number of anilines is 1. The Balaban J connectivity index is 0.859. The number of aryl methyl sites for hydroxylation is 1. The second kappa shape index (κ2) is 23.3. The summed E-state index contributed by atoms with van der Waals surface area (Å²) in [5.41, 5.74) is 5.92. The molecule has 21 heteroatoms. The van der Waals surface area contributed by atoms with E-state index in [1.807, 2.05) is 64.1 Å². The van der Waals surface area contributed by atoms with Gasteiger partial charge < -0.3 is 50.0 Å². The Morgan fingerprint density at radius 1 is 0.951 bits per heavy atom. The number of hydrogen-bond acceptors (Lipinski definition) is 16. The van der Waals surface area contributed by atoms with Crippen molar-refractivity contribution < 1.29 is 43.5 Å². The molecule has 0 radical (unpaired) electrons. The van der Waals surface area contributed by atoms with Crippen molar-refractivity contribution in [3.63, 3.8) is 0 Å². The zero-order chi connectivity index (χ0) is 56.6. The lowest BCUT2D eigenvalue weighted by Crippen LogP contribution is -2.50.